The van der Waals surface area contributed by atoms with Crippen molar-refractivity contribution >= 4 is 5.97 Å². The first kappa shape index (κ1) is 13.7. The zero-order chi connectivity index (χ0) is 14.2. The minimum Gasteiger partial charge on any atom is -0.469 e. The van der Waals surface area contributed by atoms with Crippen LogP contribution in [0.2, 0.25) is 0 Å². The molecule has 0 aliphatic heterocycles. The summed E-state index contributed by atoms with van der Waals surface area (Å²) in [6.45, 7) is 0.207. The standard InChI is InChI=1S/C17H14O3/c1-2-14-8-3-4-11-16(14)17(18)20-12-6-5-9-15-10-7-13-19-15/h1,3-8,10-11,13H,9,12H2/b6-5+. The molecule has 3 nitrogen and oxygen atoms in total. The molecule has 0 N–H and O–H groups in total. The average molecular weight is 266 g/mol. The summed E-state index contributed by atoms with van der Waals surface area (Å²) in [5.41, 5.74) is 0.950. The molecular weight excluding hydrogens is 252 g/mol. The van der Waals surface area contributed by atoms with Crippen molar-refractivity contribution in [1.29, 1.82) is 0 Å². The molecule has 2 aromatic rings. The van der Waals surface area contributed by atoms with Gasteiger partial charge in [0.15, 0.2) is 0 Å². The van der Waals surface area contributed by atoms with E-state index in [0.717, 1.165) is 5.76 Å². The second kappa shape index (κ2) is 7.01. The van der Waals surface area contributed by atoms with E-state index < -0.39 is 5.97 Å². The molecule has 0 fully saturated rings. The van der Waals surface area contributed by atoms with Gasteiger partial charge in [-0.05, 0) is 24.3 Å². The van der Waals surface area contributed by atoms with Crippen molar-refractivity contribution < 1.29 is 13.9 Å². The zero-order valence-electron chi connectivity index (χ0n) is 10.9. The van der Waals surface area contributed by atoms with E-state index in [1.807, 2.05) is 18.2 Å². The fourth-order valence-corrected chi connectivity index (χ4v) is 1.68. The second-order valence-corrected chi connectivity index (χ2v) is 4.04. The molecule has 0 aliphatic rings. The quantitative estimate of drug-likeness (QED) is 0.474. The van der Waals surface area contributed by atoms with Crippen LogP contribution in [-0.4, -0.2) is 12.6 Å². The third-order valence-corrected chi connectivity index (χ3v) is 2.68. The average Bonchev–Trinajstić information content (AvgIpc) is 3.00. The van der Waals surface area contributed by atoms with Crippen molar-refractivity contribution in [2.24, 2.45) is 0 Å². The van der Waals surface area contributed by atoms with Gasteiger partial charge in [0.25, 0.3) is 0 Å². The van der Waals surface area contributed by atoms with Gasteiger partial charge in [-0.3, -0.25) is 0 Å². The molecular formula is C17H14O3. The first-order chi connectivity index (χ1) is 9.81. The Hall–Kier alpha value is -2.73. The molecule has 20 heavy (non-hydrogen) atoms. The predicted molar refractivity (Wildman–Crippen MR) is 76.2 cm³/mol. The molecule has 3 heteroatoms. The van der Waals surface area contributed by atoms with E-state index >= 15 is 0 Å². The highest BCUT2D eigenvalue weighted by Gasteiger charge is 2.09. The van der Waals surface area contributed by atoms with Crippen LogP contribution in [0.25, 0.3) is 0 Å². The van der Waals surface area contributed by atoms with E-state index in [0.29, 0.717) is 17.5 Å². The Morgan fingerprint density at radius 2 is 2.10 bits per heavy atom. The van der Waals surface area contributed by atoms with E-state index in [4.69, 9.17) is 15.6 Å². The first-order valence-corrected chi connectivity index (χ1v) is 6.21. The molecule has 0 unspecified atom stereocenters. The Morgan fingerprint density at radius 3 is 2.85 bits per heavy atom. The molecule has 1 heterocycles. The predicted octanol–water partition coefficient (Wildman–Crippen LogP) is 3.22. The molecule has 0 saturated heterocycles. The van der Waals surface area contributed by atoms with Gasteiger partial charge in [-0.1, -0.05) is 30.2 Å². The number of carbonyl (C=O) groups excluding carboxylic acids is 1. The molecule has 0 radical (unpaired) electrons. The Kier molecular flexibility index (Phi) is 4.80. The Bertz CT molecular complexity index is 631. The van der Waals surface area contributed by atoms with E-state index in [-0.39, 0.29) is 6.61 Å². The summed E-state index contributed by atoms with van der Waals surface area (Å²) < 4.78 is 10.3. The van der Waals surface area contributed by atoms with Crippen molar-refractivity contribution in [3.8, 4) is 12.3 Å². The number of rotatable bonds is 5. The molecule has 0 aliphatic carbocycles. The molecule has 0 bridgehead atoms. The molecule has 100 valence electrons. The lowest BCUT2D eigenvalue weighted by Gasteiger charge is -2.03. The maximum Gasteiger partial charge on any atom is 0.339 e. The smallest absolute Gasteiger partial charge is 0.339 e. The lowest BCUT2D eigenvalue weighted by molar-refractivity contribution is 0.0549. The second-order valence-electron chi connectivity index (χ2n) is 4.04. The van der Waals surface area contributed by atoms with Gasteiger partial charge in [-0.15, -0.1) is 6.42 Å². The highest BCUT2D eigenvalue weighted by Crippen LogP contribution is 2.09. The lowest BCUT2D eigenvalue weighted by atomic mass is 10.1. The van der Waals surface area contributed by atoms with Crippen molar-refractivity contribution in [3.05, 3.63) is 71.7 Å². The first-order valence-electron chi connectivity index (χ1n) is 6.21. The number of hydrogen-bond acceptors (Lipinski definition) is 3. The molecule has 1 aromatic carbocycles. The largest absolute Gasteiger partial charge is 0.469 e. The molecule has 1 aromatic heterocycles. The van der Waals surface area contributed by atoms with Gasteiger partial charge in [-0.2, -0.15) is 0 Å². The molecule has 2 rings (SSSR count). The highest BCUT2D eigenvalue weighted by molar-refractivity contribution is 5.92. The van der Waals surface area contributed by atoms with Gasteiger partial charge in [-0.25, -0.2) is 4.79 Å². The van der Waals surface area contributed by atoms with Crippen LogP contribution in [0.4, 0.5) is 0 Å². The number of carbonyl (C=O) groups is 1. The fourth-order valence-electron chi connectivity index (χ4n) is 1.68. The summed E-state index contributed by atoms with van der Waals surface area (Å²) in [7, 11) is 0. The van der Waals surface area contributed by atoms with E-state index in [9.17, 15) is 4.79 Å². The van der Waals surface area contributed by atoms with Crippen LogP contribution < -0.4 is 0 Å². The topological polar surface area (TPSA) is 39.4 Å². The van der Waals surface area contributed by atoms with Gasteiger partial charge in [0.05, 0.1) is 11.8 Å². The number of ether oxygens (including phenoxy) is 1. The molecule has 0 spiro atoms. The third-order valence-electron chi connectivity index (χ3n) is 2.68. The van der Waals surface area contributed by atoms with Crippen LogP contribution in [-0.2, 0) is 11.2 Å². The van der Waals surface area contributed by atoms with Crippen molar-refractivity contribution in [1.82, 2.24) is 0 Å². The summed E-state index contributed by atoms with van der Waals surface area (Å²) in [6, 6.07) is 10.6. The van der Waals surface area contributed by atoms with Gasteiger partial charge in [0.2, 0.25) is 0 Å². The van der Waals surface area contributed by atoms with Gasteiger partial charge < -0.3 is 9.15 Å². The normalized spacial score (nSPS) is 10.3. The van der Waals surface area contributed by atoms with Crippen LogP contribution >= 0.6 is 0 Å². The summed E-state index contributed by atoms with van der Waals surface area (Å²) in [4.78, 5) is 11.8. The zero-order valence-corrected chi connectivity index (χ0v) is 10.9. The summed E-state index contributed by atoms with van der Waals surface area (Å²) in [5.74, 6) is 2.92. The third kappa shape index (κ3) is 3.63. The van der Waals surface area contributed by atoms with E-state index in [2.05, 4.69) is 5.92 Å². The summed E-state index contributed by atoms with van der Waals surface area (Å²) >= 11 is 0. The molecule has 0 amide bonds. The van der Waals surface area contributed by atoms with Crippen LogP contribution in [0.3, 0.4) is 0 Å². The molecule has 0 atom stereocenters. The number of furan rings is 1. The van der Waals surface area contributed by atoms with E-state index in [1.54, 1.807) is 36.6 Å². The summed E-state index contributed by atoms with van der Waals surface area (Å²) in [6.07, 6.45) is 11.3. The van der Waals surface area contributed by atoms with Gasteiger partial charge in [0, 0.05) is 12.0 Å². The fraction of sp³-hybridized carbons (Fsp3) is 0.118. The maximum atomic E-state index is 11.8. The van der Waals surface area contributed by atoms with Gasteiger partial charge in [0.1, 0.15) is 12.4 Å². The number of hydrogen-bond donors (Lipinski definition) is 0. The Balaban J connectivity index is 1.83. The number of esters is 1. The maximum absolute atomic E-state index is 11.8. The summed E-state index contributed by atoms with van der Waals surface area (Å²) in [5, 5.41) is 0. The van der Waals surface area contributed by atoms with Crippen molar-refractivity contribution in [3.63, 3.8) is 0 Å². The minimum atomic E-state index is -0.416. The van der Waals surface area contributed by atoms with Crippen LogP contribution in [0.1, 0.15) is 21.7 Å². The van der Waals surface area contributed by atoms with Crippen LogP contribution in [0, 0.1) is 12.3 Å². The highest BCUT2D eigenvalue weighted by atomic mass is 16.5. The number of benzene rings is 1. The lowest BCUT2D eigenvalue weighted by Crippen LogP contribution is -2.07. The van der Waals surface area contributed by atoms with E-state index in [1.165, 1.54) is 0 Å². The van der Waals surface area contributed by atoms with Crippen LogP contribution in [0.5, 0.6) is 0 Å². The Morgan fingerprint density at radius 1 is 1.25 bits per heavy atom. The van der Waals surface area contributed by atoms with Crippen molar-refractivity contribution in [2.75, 3.05) is 6.61 Å². The Labute approximate surface area is 117 Å². The van der Waals surface area contributed by atoms with Crippen LogP contribution in [0.15, 0.2) is 59.2 Å². The number of allylic oxidation sites excluding steroid dienone is 1. The minimum absolute atomic E-state index is 0.207. The number of terminal acetylenes is 1. The SMILES string of the molecule is C#Cc1ccccc1C(=O)OC/C=C/Cc1ccco1. The van der Waals surface area contributed by atoms with Gasteiger partial charge >= 0.3 is 5.97 Å². The molecule has 0 saturated carbocycles. The monoisotopic (exact) mass is 266 g/mol. The van der Waals surface area contributed by atoms with Crippen molar-refractivity contribution in [2.45, 2.75) is 6.42 Å².